The Balaban J connectivity index is 1.26. The monoisotopic (exact) mass is 548 g/mol. The lowest BCUT2D eigenvalue weighted by molar-refractivity contribution is 1.28. The predicted octanol–water partition coefficient (Wildman–Crippen LogP) is 10.9. The fourth-order valence-electron chi connectivity index (χ4n) is 6.33. The molecule has 8 rings (SSSR count). The van der Waals surface area contributed by atoms with Gasteiger partial charge >= 0.3 is 0 Å². The summed E-state index contributed by atoms with van der Waals surface area (Å²) in [5.74, 6) is 0. The van der Waals surface area contributed by atoms with Crippen molar-refractivity contribution in [2.75, 3.05) is 0 Å². The van der Waals surface area contributed by atoms with Gasteiger partial charge in [-0.1, -0.05) is 115 Å². The van der Waals surface area contributed by atoms with Gasteiger partial charge in [0.1, 0.15) is 0 Å². The van der Waals surface area contributed by atoms with Crippen LogP contribution < -0.4 is 0 Å². The molecule has 0 spiro atoms. The molecule has 2 heteroatoms. The summed E-state index contributed by atoms with van der Waals surface area (Å²) in [6.07, 6.45) is 3.71. The van der Waals surface area contributed by atoms with Crippen molar-refractivity contribution >= 4 is 32.3 Å². The van der Waals surface area contributed by atoms with Crippen LogP contribution in [-0.2, 0) is 0 Å². The molecule has 0 fully saturated rings. The summed E-state index contributed by atoms with van der Waals surface area (Å²) in [4.78, 5) is 9.21. The van der Waals surface area contributed by atoms with Crippen LogP contribution in [0.4, 0.5) is 0 Å². The summed E-state index contributed by atoms with van der Waals surface area (Å²) in [6, 6.07) is 50.1. The molecule has 0 aliphatic rings. The number of hydrogen-bond donors (Lipinski definition) is 0. The molecule has 8 aromatic rings. The second kappa shape index (κ2) is 10.3. The first-order valence-corrected chi connectivity index (χ1v) is 14.7. The van der Waals surface area contributed by atoms with Gasteiger partial charge < -0.3 is 0 Å². The summed E-state index contributed by atoms with van der Waals surface area (Å²) in [5, 5.41) is 7.57. The first-order valence-electron chi connectivity index (χ1n) is 14.7. The molecule has 202 valence electrons. The van der Waals surface area contributed by atoms with Crippen LogP contribution in [0.3, 0.4) is 0 Å². The van der Waals surface area contributed by atoms with E-state index < -0.39 is 0 Å². The maximum Gasteiger partial charge on any atom is 0.0717 e. The van der Waals surface area contributed by atoms with E-state index >= 15 is 0 Å². The average Bonchev–Trinajstić information content (AvgIpc) is 3.07. The van der Waals surface area contributed by atoms with E-state index in [0.717, 1.165) is 22.5 Å². The van der Waals surface area contributed by atoms with Crippen LogP contribution in [0.1, 0.15) is 5.56 Å². The van der Waals surface area contributed by atoms with E-state index in [4.69, 9.17) is 4.98 Å². The van der Waals surface area contributed by atoms with Crippen molar-refractivity contribution in [3.8, 4) is 44.8 Å². The largest absolute Gasteiger partial charge is 0.256 e. The van der Waals surface area contributed by atoms with E-state index in [1.54, 1.807) is 0 Å². The summed E-state index contributed by atoms with van der Waals surface area (Å²) < 4.78 is 0. The number of rotatable bonds is 4. The molecule has 0 unspecified atom stereocenters. The highest BCUT2D eigenvalue weighted by Crippen LogP contribution is 2.44. The topological polar surface area (TPSA) is 25.8 Å². The maximum atomic E-state index is 4.76. The van der Waals surface area contributed by atoms with Gasteiger partial charge in [0, 0.05) is 23.5 Å². The molecular weight excluding hydrogens is 520 g/mol. The molecule has 0 saturated heterocycles. The molecule has 0 atom stereocenters. The fourth-order valence-corrected chi connectivity index (χ4v) is 6.33. The maximum absolute atomic E-state index is 4.76. The minimum absolute atomic E-state index is 0.929. The third kappa shape index (κ3) is 4.45. The molecule has 0 N–H and O–H groups in total. The Kier molecular flexibility index (Phi) is 6.05. The van der Waals surface area contributed by atoms with Gasteiger partial charge in [0.05, 0.1) is 11.4 Å². The van der Waals surface area contributed by atoms with Crippen molar-refractivity contribution in [3.63, 3.8) is 0 Å². The molecule has 2 aromatic heterocycles. The zero-order chi connectivity index (χ0) is 28.8. The molecule has 0 aliphatic heterocycles. The van der Waals surface area contributed by atoms with Gasteiger partial charge in [-0.15, -0.1) is 0 Å². The second-order valence-corrected chi connectivity index (χ2v) is 11.1. The zero-order valence-electron chi connectivity index (χ0n) is 23.8. The predicted molar refractivity (Wildman–Crippen MR) is 181 cm³/mol. The van der Waals surface area contributed by atoms with E-state index in [1.807, 2.05) is 30.6 Å². The summed E-state index contributed by atoms with van der Waals surface area (Å²) in [7, 11) is 0. The molecular formula is C41H28N2. The van der Waals surface area contributed by atoms with Crippen LogP contribution in [0.5, 0.6) is 0 Å². The first-order chi connectivity index (χ1) is 21.2. The van der Waals surface area contributed by atoms with Crippen molar-refractivity contribution in [1.29, 1.82) is 0 Å². The number of nitrogens with zero attached hydrogens (tertiary/aromatic N) is 2. The molecule has 2 heterocycles. The lowest BCUT2D eigenvalue weighted by Crippen LogP contribution is -1.91. The number of benzene rings is 6. The Morgan fingerprint density at radius 1 is 0.395 bits per heavy atom. The normalized spacial score (nSPS) is 11.4. The molecule has 2 nitrogen and oxygen atoms in total. The summed E-state index contributed by atoms with van der Waals surface area (Å²) in [5.41, 5.74) is 10.2. The minimum atomic E-state index is 0.929. The smallest absolute Gasteiger partial charge is 0.0717 e. The van der Waals surface area contributed by atoms with E-state index in [0.29, 0.717) is 0 Å². The Bertz CT molecular complexity index is 2210. The number of fused-ring (bicyclic) bond motifs is 3. The van der Waals surface area contributed by atoms with Gasteiger partial charge in [0.25, 0.3) is 0 Å². The van der Waals surface area contributed by atoms with Crippen LogP contribution in [0.2, 0.25) is 0 Å². The minimum Gasteiger partial charge on any atom is -0.256 e. The third-order valence-corrected chi connectivity index (χ3v) is 8.41. The standard InChI is InChI=1S/C41H28N2/c1-27-13-14-28-15-20-31(25-33(28)24-27)41-36-10-4-2-8-34(36)40(35-9-3-5-11-37(35)41)30-18-16-29(17-19-30)39-22-21-32(26-43-39)38-12-6-7-23-42-38/h2-26H,1H3. The van der Waals surface area contributed by atoms with Gasteiger partial charge in [-0.2, -0.15) is 0 Å². The Labute approximate surface area is 251 Å². The average molecular weight is 549 g/mol. The lowest BCUT2D eigenvalue weighted by Gasteiger charge is -2.18. The molecule has 43 heavy (non-hydrogen) atoms. The molecule has 0 aliphatic carbocycles. The molecule has 0 amide bonds. The SMILES string of the molecule is Cc1ccc2ccc(-c3c4ccccc4c(-c4ccc(-c5ccc(-c6ccccn6)cn5)cc4)c4ccccc34)cc2c1. The Hall–Kier alpha value is -5.60. The highest BCUT2D eigenvalue weighted by molar-refractivity contribution is 6.21. The molecule has 0 bridgehead atoms. The molecule has 6 aromatic carbocycles. The summed E-state index contributed by atoms with van der Waals surface area (Å²) >= 11 is 0. The third-order valence-electron chi connectivity index (χ3n) is 8.41. The zero-order valence-corrected chi connectivity index (χ0v) is 23.8. The van der Waals surface area contributed by atoms with Crippen molar-refractivity contribution in [2.45, 2.75) is 6.92 Å². The van der Waals surface area contributed by atoms with E-state index in [1.165, 1.54) is 60.1 Å². The van der Waals surface area contributed by atoms with Crippen LogP contribution in [0, 0.1) is 6.92 Å². The van der Waals surface area contributed by atoms with Gasteiger partial charge in [0.2, 0.25) is 0 Å². The second-order valence-electron chi connectivity index (χ2n) is 11.1. The fraction of sp³-hybridized carbons (Fsp3) is 0.0244. The van der Waals surface area contributed by atoms with Crippen molar-refractivity contribution in [2.24, 2.45) is 0 Å². The number of pyridine rings is 2. The highest BCUT2D eigenvalue weighted by atomic mass is 14.7. The number of aryl methyl sites for hydroxylation is 1. The van der Waals surface area contributed by atoms with E-state index in [-0.39, 0.29) is 0 Å². The van der Waals surface area contributed by atoms with Crippen LogP contribution >= 0.6 is 0 Å². The van der Waals surface area contributed by atoms with Gasteiger partial charge in [0.15, 0.2) is 0 Å². The highest BCUT2D eigenvalue weighted by Gasteiger charge is 2.17. The molecule has 0 radical (unpaired) electrons. The van der Waals surface area contributed by atoms with Crippen LogP contribution in [0.25, 0.3) is 77.1 Å². The number of aromatic nitrogens is 2. The van der Waals surface area contributed by atoms with E-state index in [9.17, 15) is 0 Å². The lowest BCUT2D eigenvalue weighted by atomic mass is 9.85. The Morgan fingerprint density at radius 2 is 0.953 bits per heavy atom. The van der Waals surface area contributed by atoms with Crippen molar-refractivity contribution < 1.29 is 0 Å². The van der Waals surface area contributed by atoms with Crippen molar-refractivity contribution in [3.05, 3.63) is 157 Å². The van der Waals surface area contributed by atoms with Gasteiger partial charge in [-0.3, -0.25) is 9.97 Å². The van der Waals surface area contributed by atoms with Gasteiger partial charge in [-0.25, -0.2) is 0 Å². The van der Waals surface area contributed by atoms with Crippen LogP contribution in [0.15, 0.2) is 152 Å². The number of hydrogen-bond acceptors (Lipinski definition) is 2. The van der Waals surface area contributed by atoms with E-state index in [2.05, 4.69) is 133 Å². The first kappa shape index (κ1) is 25.1. The van der Waals surface area contributed by atoms with Gasteiger partial charge in [-0.05, 0) is 91.8 Å². The molecule has 0 saturated carbocycles. The Morgan fingerprint density at radius 3 is 1.58 bits per heavy atom. The van der Waals surface area contributed by atoms with Crippen LogP contribution in [-0.4, -0.2) is 9.97 Å². The van der Waals surface area contributed by atoms with Crippen molar-refractivity contribution in [1.82, 2.24) is 9.97 Å². The summed E-state index contributed by atoms with van der Waals surface area (Å²) in [6.45, 7) is 2.16. The quantitative estimate of drug-likeness (QED) is 0.204.